The summed E-state index contributed by atoms with van der Waals surface area (Å²) in [4.78, 5) is 24.9. The second kappa shape index (κ2) is 64.3. The minimum atomic E-state index is -0.0261. The Bertz CT molecular complexity index is 1080. The molecule has 444 valence electrons. The van der Waals surface area contributed by atoms with Crippen molar-refractivity contribution in [2.24, 2.45) is 5.73 Å². The van der Waals surface area contributed by atoms with E-state index in [4.69, 9.17) is 24.7 Å². The molecule has 0 bridgehead atoms. The number of carbonyl (C=O) groups excluding carboxylic acids is 2. The molecule has 0 aromatic carbocycles. The van der Waals surface area contributed by atoms with Crippen molar-refractivity contribution in [2.75, 3.05) is 33.0 Å². The van der Waals surface area contributed by atoms with Crippen LogP contribution in [0.3, 0.4) is 0 Å². The van der Waals surface area contributed by atoms with Crippen molar-refractivity contribution < 1.29 is 28.5 Å². The number of ether oxygens (including phenoxy) is 4. The van der Waals surface area contributed by atoms with Crippen LogP contribution in [0.2, 0.25) is 0 Å². The van der Waals surface area contributed by atoms with E-state index in [-0.39, 0.29) is 30.2 Å². The van der Waals surface area contributed by atoms with E-state index < -0.39 is 0 Å². The maximum absolute atomic E-state index is 12.6. The van der Waals surface area contributed by atoms with E-state index in [1.165, 1.54) is 218 Å². The van der Waals surface area contributed by atoms with Crippen LogP contribution in [0.15, 0.2) is 0 Å². The standard InChI is InChI=1S/C40H81NO3.C26H53NO3/c1-5-9-12-15-17-19-20-21-23-25-28-31-35-41-38(8-4)37-43-36-34-39(32-29-26-14-11-7-3)44-40(42)33-30-27-24-22-18-16-13-10-6-2;1-4-7-9-11-12-13-14-16-18-20-26(28)30-25(19-17-15-10-8-5-2)21-22-29-23-24(27)6-3/h38-39,41H,5-37H2,1-4H3;24-25H,4-23,27H2,1-3H3/t38-,39+;24-,25+/m00/s1. The molecule has 0 amide bonds. The second-order valence-corrected chi connectivity index (χ2v) is 22.6. The van der Waals surface area contributed by atoms with E-state index in [0.717, 1.165) is 90.2 Å². The number of esters is 2. The SMILES string of the molecule is CCCCCCCCCCCC(=O)O[C@H](CCCCCCC)CCOC[C@@H](N)CC.CCCCCCCCCCCCCCN[C@@H](CC)COCC[C@@H](CCCCCCC)OC(=O)CCCCCCCCCCC. The van der Waals surface area contributed by atoms with Gasteiger partial charge in [-0.2, -0.15) is 0 Å². The monoisotopic (exact) mass is 1050 g/mol. The van der Waals surface area contributed by atoms with Crippen LogP contribution in [0.5, 0.6) is 0 Å². The van der Waals surface area contributed by atoms with Crippen LogP contribution < -0.4 is 11.1 Å². The summed E-state index contributed by atoms with van der Waals surface area (Å²) in [6.45, 7) is 19.4. The smallest absolute Gasteiger partial charge is 0.306 e. The Kier molecular flexibility index (Phi) is 65.0. The molecule has 8 nitrogen and oxygen atoms in total. The van der Waals surface area contributed by atoms with E-state index >= 15 is 0 Å². The Labute approximate surface area is 463 Å². The lowest BCUT2D eigenvalue weighted by molar-refractivity contribution is -0.151. The predicted octanol–water partition coefficient (Wildman–Crippen LogP) is 20.0. The highest BCUT2D eigenvalue weighted by molar-refractivity contribution is 5.69. The first-order chi connectivity index (χ1) is 36.3. The lowest BCUT2D eigenvalue weighted by atomic mass is 10.1. The lowest BCUT2D eigenvalue weighted by Gasteiger charge is -2.20. The number of nitrogens with one attached hydrogen (secondary N) is 1. The van der Waals surface area contributed by atoms with Gasteiger partial charge in [-0.25, -0.2) is 0 Å². The Morgan fingerprint density at radius 1 is 0.351 bits per heavy atom. The third-order valence-electron chi connectivity index (χ3n) is 15.1. The van der Waals surface area contributed by atoms with E-state index in [0.29, 0.717) is 38.7 Å². The fourth-order valence-corrected chi connectivity index (χ4v) is 9.73. The third kappa shape index (κ3) is 60.0. The van der Waals surface area contributed by atoms with E-state index in [9.17, 15) is 9.59 Å². The van der Waals surface area contributed by atoms with Crippen molar-refractivity contribution in [1.82, 2.24) is 5.32 Å². The molecule has 3 N–H and O–H groups in total. The van der Waals surface area contributed by atoms with E-state index in [2.05, 4.69) is 53.8 Å². The van der Waals surface area contributed by atoms with Crippen molar-refractivity contribution in [2.45, 2.75) is 381 Å². The van der Waals surface area contributed by atoms with Gasteiger partial charge in [0.15, 0.2) is 0 Å². The average Bonchev–Trinajstić information content (AvgIpc) is 3.40. The Morgan fingerprint density at radius 3 is 0.973 bits per heavy atom. The van der Waals surface area contributed by atoms with Gasteiger partial charge in [0.05, 0.1) is 26.4 Å². The molecule has 0 aliphatic carbocycles. The molecule has 8 heteroatoms. The second-order valence-electron chi connectivity index (χ2n) is 22.6. The quantitative estimate of drug-likeness (QED) is 0.0458. The van der Waals surface area contributed by atoms with Gasteiger partial charge in [-0.1, -0.05) is 273 Å². The van der Waals surface area contributed by atoms with Crippen LogP contribution in [0.4, 0.5) is 0 Å². The molecule has 0 heterocycles. The molecule has 4 atom stereocenters. The minimum Gasteiger partial charge on any atom is -0.462 e. The van der Waals surface area contributed by atoms with Gasteiger partial charge in [0, 0.05) is 37.8 Å². The van der Waals surface area contributed by atoms with Crippen LogP contribution in [0.25, 0.3) is 0 Å². The molecule has 74 heavy (non-hydrogen) atoms. The molecule has 0 saturated carbocycles. The molecule has 0 aliphatic rings. The van der Waals surface area contributed by atoms with Crippen LogP contribution >= 0.6 is 0 Å². The summed E-state index contributed by atoms with van der Waals surface area (Å²) < 4.78 is 23.6. The third-order valence-corrected chi connectivity index (χ3v) is 15.1. The maximum Gasteiger partial charge on any atom is 0.306 e. The summed E-state index contributed by atoms with van der Waals surface area (Å²) in [5.74, 6) is -0.0243. The number of hydrogen-bond acceptors (Lipinski definition) is 8. The normalized spacial score (nSPS) is 13.1. The number of hydrogen-bond donors (Lipinski definition) is 2. The molecule has 0 spiro atoms. The minimum absolute atomic E-state index is 0.00187. The Balaban J connectivity index is 0. The molecule has 0 radical (unpaired) electrons. The van der Waals surface area contributed by atoms with Gasteiger partial charge in [-0.05, 0) is 64.3 Å². The fourth-order valence-electron chi connectivity index (χ4n) is 9.73. The summed E-state index contributed by atoms with van der Waals surface area (Å²) in [5.41, 5.74) is 5.91. The number of nitrogens with two attached hydrogens (primary N) is 1. The molecule has 0 rings (SSSR count). The zero-order chi connectivity index (χ0) is 54.5. The molecule has 0 aliphatic heterocycles. The van der Waals surface area contributed by atoms with Crippen molar-refractivity contribution in [3.63, 3.8) is 0 Å². The van der Waals surface area contributed by atoms with Crippen LogP contribution in [0.1, 0.15) is 357 Å². The molecule has 0 aromatic heterocycles. The van der Waals surface area contributed by atoms with Crippen LogP contribution in [-0.2, 0) is 28.5 Å². The maximum atomic E-state index is 12.6. The number of carbonyl (C=O) groups is 2. The summed E-state index contributed by atoms with van der Waals surface area (Å²) >= 11 is 0. The Morgan fingerprint density at radius 2 is 0.649 bits per heavy atom. The zero-order valence-electron chi connectivity index (χ0n) is 51.3. The molecule has 0 aromatic rings. The summed E-state index contributed by atoms with van der Waals surface area (Å²) in [7, 11) is 0. The lowest BCUT2D eigenvalue weighted by Crippen LogP contribution is -2.34. The van der Waals surface area contributed by atoms with Crippen molar-refractivity contribution in [1.29, 1.82) is 0 Å². The first kappa shape index (κ1) is 74.9. The van der Waals surface area contributed by atoms with E-state index in [1.807, 2.05) is 0 Å². The van der Waals surface area contributed by atoms with Crippen LogP contribution in [0, 0.1) is 0 Å². The number of rotatable bonds is 60. The van der Waals surface area contributed by atoms with Gasteiger partial charge in [0.2, 0.25) is 0 Å². The van der Waals surface area contributed by atoms with E-state index in [1.54, 1.807) is 0 Å². The van der Waals surface area contributed by atoms with Gasteiger partial charge >= 0.3 is 11.9 Å². The van der Waals surface area contributed by atoms with Gasteiger partial charge in [0.1, 0.15) is 12.2 Å². The van der Waals surface area contributed by atoms with Gasteiger partial charge in [0.25, 0.3) is 0 Å². The topological polar surface area (TPSA) is 109 Å². The summed E-state index contributed by atoms with van der Waals surface area (Å²) in [5, 5.41) is 3.72. The molecular weight excluding hydrogens is 917 g/mol. The summed E-state index contributed by atoms with van der Waals surface area (Å²) in [6.07, 6.45) is 58.7. The highest BCUT2D eigenvalue weighted by Crippen LogP contribution is 2.18. The number of unbranched alkanes of at least 4 members (excludes halogenated alkanes) is 35. The zero-order valence-corrected chi connectivity index (χ0v) is 51.3. The predicted molar refractivity (Wildman–Crippen MR) is 322 cm³/mol. The van der Waals surface area contributed by atoms with Gasteiger partial charge < -0.3 is 30.0 Å². The van der Waals surface area contributed by atoms with Gasteiger partial charge in [-0.3, -0.25) is 9.59 Å². The molecule has 0 unspecified atom stereocenters. The first-order valence-electron chi connectivity index (χ1n) is 33.3. The first-order valence-corrected chi connectivity index (χ1v) is 33.3. The highest BCUT2D eigenvalue weighted by Gasteiger charge is 2.17. The summed E-state index contributed by atoms with van der Waals surface area (Å²) in [6, 6.07) is 0.524. The molecule has 0 fully saturated rings. The molecule has 0 saturated heterocycles. The highest BCUT2D eigenvalue weighted by atomic mass is 16.6. The largest absolute Gasteiger partial charge is 0.462 e. The Hall–Kier alpha value is -1.22. The molecular formula is C66H134N2O6. The average molecular weight is 1050 g/mol. The van der Waals surface area contributed by atoms with Gasteiger partial charge in [-0.15, -0.1) is 0 Å². The van der Waals surface area contributed by atoms with Crippen molar-refractivity contribution in [3.05, 3.63) is 0 Å². The van der Waals surface area contributed by atoms with Crippen LogP contribution in [-0.4, -0.2) is 69.2 Å². The van der Waals surface area contributed by atoms with Crippen molar-refractivity contribution >= 4 is 11.9 Å². The van der Waals surface area contributed by atoms with Crippen molar-refractivity contribution in [3.8, 4) is 0 Å². The fraction of sp³-hybridized carbons (Fsp3) is 0.970.